The van der Waals surface area contributed by atoms with Gasteiger partial charge in [0.1, 0.15) is 5.75 Å². The average Bonchev–Trinajstić information content (AvgIpc) is 2.07. The van der Waals surface area contributed by atoms with Gasteiger partial charge in [0.25, 0.3) is 0 Å². The summed E-state index contributed by atoms with van der Waals surface area (Å²) in [5.74, 6) is 0.749. The van der Waals surface area contributed by atoms with Gasteiger partial charge in [0.05, 0.1) is 19.0 Å². The number of pyridine rings is 1. The van der Waals surface area contributed by atoms with Crippen LogP contribution in [0.5, 0.6) is 5.75 Å². The van der Waals surface area contributed by atoms with Gasteiger partial charge in [0.2, 0.25) is 0 Å². The number of nitrogens with two attached hydrogens (primary N) is 1. The third-order valence-corrected chi connectivity index (χ3v) is 1.26. The predicted molar refractivity (Wildman–Crippen MR) is 44.0 cm³/mol. The molecule has 1 aromatic heterocycles. The highest BCUT2D eigenvalue weighted by Gasteiger charge is 1.89. The third kappa shape index (κ3) is 1.97. The lowest BCUT2D eigenvalue weighted by Crippen LogP contribution is -1.86. The summed E-state index contributed by atoms with van der Waals surface area (Å²) in [6, 6.07) is 3.67. The first-order valence-electron chi connectivity index (χ1n) is 3.25. The molecule has 0 bridgehead atoms. The number of rotatable bonds is 2. The molecular formula is C8H10N2O. The first-order chi connectivity index (χ1) is 5.36. The van der Waals surface area contributed by atoms with E-state index in [1.54, 1.807) is 19.4 Å². The van der Waals surface area contributed by atoms with E-state index in [2.05, 4.69) is 4.98 Å². The maximum Gasteiger partial charge on any atom is 0.137 e. The molecule has 0 aromatic carbocycles. The van der Waals surface area contributed by atoms with Gasteiger partial charge >= 0.3 is 0 Å². The monoisotopic (exact) mass is 150 g/mol. The molecule has 11 heavy (non-hydrogen) atoms. The molecule has 0 saturated heterocycles. The van der Waals surface area contributed by atoms with Crippen molar-refractivity contribution >= 4 is 6.08 Å². The van der Waals surface area contributed by atoms with Crippen LogP contribution in [0, 0.1) is 0 Å². The lowest BCUT2D eigenvalue weighted by molar-refractivity contribution is 0.413. The van der Waals surface area contributed by atoms with E-state index >= 15 is 0 Å². The fourth-order valence-electron chi connectivity index (χ4n) is 0.710. The fourth-order valence-corrected chi connectivity index (χ4v) is 0.710. The number of hydrogen-bond acceptors (Lipinski definition) is 3. The summed E-state index contributed by atoms with van der Waals surface area (Å²) in [6.45, 7) is 0. The Labute approximate surface area is 65.5 Å². The van der Waals surface area contributed by atoms with E-state index < -0.39 is 0 Å². The van der Waals surface area contributed by atoms with Crippen molar-refractivity contribution in [1.29, 1.82) is 0 Å². The number of ether oxygens (including phenoxy) is 1. The van der Waals surface area contributed by atoms with Gasteiger partial charge in [-0.25, -0.2) is 0 Å². The van der Waals surface area contributed by atoms with Crippen molar-refractivity contribution in [2.75, 3.05) is 7.11 Å². The molecule has 0 unspecified atom stereocenters. The molecule has 0 radical (unpaired) electrons. The van der Waals surface area contributed by atoms with Crippen molar-refractivity contribution < 1.29 is 4.74 Å². The number of aromatic nitrogens is 1. The average molecular weight is 150 g/mol. The van der Waals surface area contributed by atoms with Gasteiger partial charge in [0.15, 0.2) is 0 Å². The van der Waals surface area contributed by atoms with Crippen LogP contribution in [0.3, 0.4) is 0 Å². The van der Waals surface area contributed by atoms with E-state index in [0.717, 1.165) is 11.4 Å². The Morgan fingerprint density at radius 2 is 2.36 bits per heavy atom. The summed E-state index contributed by atoms with van der Waals surface area (Å²) in [6.07, 6.45) is 4.82. The first kappa shape index (κ1) is 7.60. The predicted octanol–water partition coefficient (Wildman–Crippen LogP) is 1.02. The van der Waals surface area contributed by atoms with Gasteiger partial charge in [0, 0.05) is 0 Å². The van der Waals surface area contributed by atoms with Crippen LogP contribution in [0.1, 0.15) is 5.69 Å². The molecule has 0 aliphatic carbocycles. The largest absolute Gasteiger partial charge is 0.495 e. The minimum atomic E-state index is 0.749. The van der Waals surface area contributed by atoms with E-state index in [4.69, 9.17) is 10.5 Å². The van der Waals surface area contributed by atoms with Crippen LogP contribution in [0.25, 0.3) is 6.08 Å². The van der Waals surface area contributed by atoms with Gasteiger partial charge in [-0.2, -0.15) is 0 Å². The van der Waals surface area contributed by atoms with Crippen LogP contribution in [0.4, 0.5) is 0 Å². The fraction of sp³-hybridized carbons (Fsp3) is 0.125. The van der Waals surface area contributed by atoms with Crippen molar-refractivity contribution in [1.82, 2.24) is 4.98 Å². The number of hydrogen-bond donors (Lipinski definition) is 1. The minimum absolute atomic E-state index is 0.749. The second-order valence-electron chi connectivity index (χ2n) is 1.98. The van der Waals surface area contributed by atoms with Crippen LogP contribution in [-0.4, -0.2) is 12.1 Å². The highest BCUT2D eigenvalue weighted by Crippen LogP contribution is 2.07. The molecule has 3 nitrogen and oxygen atoms in total. The molecule has 1 rings (SSSR count). The van der Waals surface area contributed by atoms with Gasteiger partial charge in [-0.1, -0.05) is 0 Å². The minimum Gasteiger partial charge on any atom is -0.495 e. The Bertz CT molecular complexity index is 241. The van der Waals surface area contributed by atoms with E-state index in [0.29, 0.717) is 0 Å². The number of methoxy groups -OCH3 is 1. The maximum absolute atomic E-state index is 5.18. The SMILES string of the molecule is COc1ccc(/C=C\N)nc1. The second kappa shape index (κ2) is 3.61. The Hall–Kier alpha value is -1.51. The van der Waals surface area contributed by atoms with E-state index in [1.807, 2.05) is 12.1 Å². The van der Waals surface area contributed by atoms with Crippen LogP contribution in [-0.2, 0) is 0 Å². The van der Waals surface area contributed by atoms with Crippen molar-refractivity contribution in [3.63, 3.8) is 0 Å². The quantitative estimate of drug-likeness (QED) is 0.684. The zero-order chi connectivity index (χ0) is 8.10. The lowest BCUT2D eigenvalue weighted by Gasteiger charge is -1.97. The molecule has 1 aromatic rings. The molecule has 0 aliphatic heterocycles. The molecule has 1 heterocycles. The summed E-state index contributed by atoms with van der Waals surface area (Å²) in [4.78, 5) is 4.05. The maximum atomic E-state index is 5.18. The first-order valence-corrected chi connectivity index (χ1v) is 3.25. The van der Waals surface area contributed by atoms with Crippen molar-refractivity contribution in [2.24, 2.45) is 5.73 Å². The Kier molecular flexibility index (Phi) is 2.49. The Morgan fingerprint density at radius 3 is 2.82 bits per heavy atom. The molecule has 0 saturated carbocycles. The highest BCUT2D eigenvalue weighted by molar-refractivity contribution is 5.44. The molecule has 0 aliphatic rings. The van der Waals surface area contributed by atoms with Gasteiger partial charge < -0.3 is 10.5 Å². The van der Waals surface area contributed by atoms with Crippen LogP contribution < -0.4 is 10.5 Å². The summed E-state index contributed by atoms with van der Waals surface area (Å²) >= 11 is 0. The van der Waals surface area contributed by atoms with Crippen LogP contribution >= 0.6 is 0 Å². The van der Waals surface area contributed by atoms with E-state index in [9.17, 15) is 0 Å². The number of nitrogens with zero attached hydrogens (tertiary/aromatic N) is 1. The summed E-state index contributed by atoms with van der Waals surface area (Å²) in [5, 5.41) is 0. The van der Waals surface area contributed by atoms with Crippen LogP contribution in [0.2, 0.25) is 0 Å². The highest BCUT2D eigenvalue weighted by atomic mass is 16.5. The smallest absolute Gasteiger partial charge is 0.137 e. The molecule has 58 valence electrons. The molecule has 0 fully saturated rings. The molecule has 0 atom stereocenters. The van der Waals surface area contributed by atoms with E-state index in [-0.39, 0.29) is 0 Å². The van der Waals surface area contributed by atoms with E-state index in [1.165, 1.54) is 6.20 Å². The molecular weight excluding hydrogens is 140 g/mol. The summed E-state index contributed by atoms with van der Waals surface area (Å²) < 4.78 is 4.93. The Morgan fingerprint density at radius 1 is 1.55 bits per heavy atom. The van der Waals surface area contributed by atoms with Crippen molar-refractivity contribution in [2.45, 2.75) is 0 Å². The lowest BCUT2D eigenvalue weighted by atomic mass is 10.3. The zero-order valence-corrected chi connectivity index (χ0v) is 6.32. The Balaban J connectivity index is 2.82. The standard InChI is InChI=1S/C8H10N2O/c1-11-8-3-2-7(4-5-9)10-6-8/h2-6H,9H2,1H3/b5-4-. The molecule has 2 N–H and O–H groups in total. The molecule has 3 heteroatoms. The van der Waals surface area contributed by atoms with Gasteiger partial charge in [-0.15, -0.1) is 0 Å². The summed E-state index contributed by atoms with van der Waals surface area (Å²) in [5.41, 5.74) is 6.01. The molecule has 0 amide bonds. The third-order valence-electron chi connectivity index (χ3n) is 1.26. The topological polar surface area (TPSA) is 48.1 Å². The normalized spacial score (nSPS) is 10.3. The molecule has 0 spiro atoms. The second-order valence-corrected chi connectivity index (χ2v) is 1.98. The van der Waals surface area contributed by atoms with Gasteiger partial charge in [-0.05, 0) is 24.4 Å². The van der Waals surface area contributed by atoms with Gasteiger partial charge in [-0.3, -0.25) is 4.98 Å². The summed E-state index contributed by atoms with van der Waals surface area (Å²) in [7, 11) is 1.61. The van der Waals surface area contributed by atoms with Crippen molar-refractivity contribution in [3.8, 4) is 5.75 Å². The zero-order valence-electron chi connectivity index (χ0n) is 6.32. The van der Waals surface area contributed by atoms with Crippen molar-refractivity contribution in [3.05, 3.63) is 30.2 Å². The van der Waals surface area contributed by atoms with Crippen LogP contribution in [0.15, 0.2) is 24.5 Å².